The lowest BCUT2D eigenvalue weighted by atomic mass is 9.87. The first kappa shape index (κ1) is 15.4. The lowest BCUT2D eigenvalue weighted by Crippen LogP contribution is -2.11. The van der Waals surface area contributed by atoms with Crippen molar-refractivity contribution in [3.05, 3.63) is 41.2 Å². The van der Waals surface area contributed by atoms with Crippen molar-refractivity contribution in [1.29, 1.82) is 0 Å². The summed E-state index contributed by atoms with van der Waals surface area (Å²) in [6, 6.07) is 8.31. The molecular formula is C17H23N3O. The molecule has 0 fully saturated rings. The maximum Gasteiger partial charge on any atom is 0.172 e. The third-order valence-electron chi connectivity index (χ3n) is 3.65. The minimum atomic E-state index is 0.125. The van der Waals surface area contributed by atoms with E-state index in [0.29, 0.717) is 5.69 Å². The van der Waals surface area contributed by atoms with Gasteiger partial charge in [0.25, 0.3) is 0 Å². The molecule has 0 unspecified atom stereocenters. The molecule has 112 valence electrons. The monoisotopic (exact) mass is 285 g/mol. The van der Waals surface area contributed by atoms with Crippen LogP contribution in [0.4, 0.5) is 0 Å². The Morgan fingerprint density at radius 3 is 2.38 bits per heavy atom. The van der Waals surface area contributed by atoms with Crippen molar-refractivity contribution >= 4 is 6.29 Å². The average Bonchev–Trinajstić information content (AvgIpc) is 2.87. The van der Waals surface area contributed by atoms with Gasteiger partial charge in [0.1, 0.15) is 5.69 Å². The van der Waals surface area contributed by atoms with Crippen molar-refractivity contribution in [1.82, 2.24) is 15.0 Å². The van der Waals surface area contributed by atoms with Gasteiger partial charge in [0.05, 0.1) is 11.4 Å². The molecule has 1 aromatic carbocycles. The molecule has 4 heteroatoms. The lowest BCUT2D eigenvalue weighted by molar-refractivity contribution is 0.111. The van der Waals surface area contributed by atoms with Crippen molar-refractivity contribution in [3.63, 3.8) is 0 Å². The van der Waals surface area contributed by atoms with Crippen LogP contribution in [0.1, 0.15) is 62.3 Å². The van der Waals surface area contributed by atoms with Crippen LogP contribution in [0.5, 0.6) is 0 Å². The van der Waals surface area contributed by atoms with Gasteiger partial charge in [-0.15, -0.1) is 5.10 Å². The zero-order valence-corrected chi connectivity index (χ0v) is 13.3. The molecule has 0 bridgehead atoms. The van der Waals surface area contributed by atoms with Gasteiger partial charge in [-0.25, -0.2) is 4.68 Å². The van der Waals surface area contributed by atoms with E-state index in [9.17, 15) is 4.79 Å². The molecule has 0 aliphatic carbocycles. The fraction of sp³-hybridized carbons (Fsp3) is 0.471. The maximum absolute atomic E-state index is 11.1. The summed E-state index contributed by atoms with van der Waals surface area (Å²) >= 11 is 0. The highest BCUT2D eigenvalue weighted by atomic mass is 16.1. The van der Waals surface area contributed by atoms with Crippen LogP contribution in [0.3, 0.4) is 0 Å². The Morgan fingerprint density at radius 1 is 1.19 bits per heavy atom. The number of nitrogens with zero attached hydrogens (tertiary/aromatic N) is 3. The third kappa shape index (κ3) is 3.38. The molecule has 0 N–H and O–H groups in total. The van der Waals surface area contributed by atoms with Gasteiger partial charge >= 0.3 is 0 Å². The molecule has 0 radical (unpaired) electrons. The summed E-state index contributed by atoms with van der Waals surface area (Å²) in [5.41, 5.74) is 3.70. The molecular weight excluding hydrogens is 262 g/mol. The largest absolute Gasteiger partial charge is 0.296 e. The van der Waals surface area contributed by atoms with Crippen LogP contribution in [0.15, 0.2) is 24.3 Å². The van der Waals surface area contributed by atoms with Crippen molar-refractivity contribution in [2.45, 2.75) is 52.4 Å². The standard InChI is InChI=1S/C17H23N3O/c1-5-6-7-16-15(12-21)18-19-20(16)14-10-8-13(9-11-14)17(2,3)4/h8-12H,5-7H2,1-4H3. The molecule has 0 aliphatic rings. The van der Waals surface area contributed by atoms with Crippen molar-refractivity contribution in [3.8, 4) is 5.69 Å². The molecule has 0 atom stereocenters. The van der Waals surface area contributed by atoms with Gasteiger partial charge in [0.2, 0.25) is 0 Å². The number of benzene rings is 1. The fourth-order valence-corrected chi connectivity index (χ4v) is 2.29. The van der Waals surface area contributed by atoms with Gasteiger partial charge in [0, 0.05) is 0 Å². The van der Waals surface area contributed by atoms with E-state index in [2.05, 4.69) is 50.1 Å². The highest BCUT2D eigenvalue weighted by Crippen LogP contribution is 2.23. The number of rotatable bonds is 5. The van der Waals surface area contributed by atoms with Crippen molar-refractivity contribution in [2.24, 2.45) is 0 Å². The van der Waals surface area contributed by atoms with Crippen molar-refractivity contribution in [2.75, 3.05) is 0 Å². The number of aromatic nitrogens is 3. The maximum atomic E-state index is 11.1. The minimum absolute atomic E-state index is 0.125. The summed E-state index contributed by atoms with van der Waals surface area (Å²) in [6.45, 7) is 8.70. The van der Waals surface area contributed by atoms with E-state index in [1.807, 2.05) is 12.1 Å². The summed E-state index contributed by atoms with van der Waals surface area (Å²) in [6.07, 6.45) is 3.71. The van der Waals surface area contributed by atoms with Crippen LogP contribution < -0.4 is 0 Å². The van der Waals surface area contributed by atoms with E-state index in [1.54, 1.807) is 4.68 Å². The van der Waals surface area contributed by atoms with E-state index < -0.39 is 0 Å². The molecule has 0 aliphatic heterocycles. The van der Waals surface area contributed by atoms with Gasteiger partial charge in [-0.05, 0) is 36.0 Å². The molecule has 0 saturated heterocycles. The second kappa shape index (κ2) is 6.20. The van der Waals surface area contributed by atoms with E-state index in [-0.39, 0.29) is 5.41 Å². The summed E-state index contributed by atoms with van der Waals surface area (Å²) < 4.78 is 1.78. The van der Waals surface area contributed by atoms with Gasteiger partial charge in [-0.2, -0.15) is 0 Å². The predicted octanol–water partition coefficient (Wildman–Crippen LogP) is 3.72. The Morgan fingerprint density at radius 2 is 1.86 bits per heavy atom. The van der Waals surface area contributed by atoms with Crippen LogP contribution >= 0.6 is 0 Å². The molecule has 0 saturated carbocycles. The van der Waals surface area contributed by atoms with E-state index >= 15 is 0 Å². The summed E-state index contributed by atoms with van der Waals surface area (Å²) in [5.74, 6) is 0. The number of carbonyl (C=O) groups is 1. The summed E-state index contributed by atoms with van der Waals surface area (Å²) in [7, 11) is 0. The highest BCUT2D eigenvalue weighted by molar-refractivity contribution is 5.73. The molecule has 2 rings (SSSR count). The SMILES string of the molecule is CCCCc1c(C=O)nnn1-c1ccc(C(C)(C)C)cc1. The van der Waals surface area contributed by atoms with Crippen LogP contribution in [-0.2, 0) is 11.8 Å². The number of carbonyl (C=O) groups excluding carboxylic acids is 1. The first-order valence-electron chi connectivity index (χ1n) is 7.48. The number of unbranched alkanes of at least 4 members (excludes halogenated alkanes) is 1. The molecule has 2 aromatic rings. The smallest absolute Gasteiger partial charge is 0.172 e. The molecule has 0 spiro atoms. The zero-order valence-electron chi connectivity index (χ0n) is 13.3. The second-order valence-corrected chi connectivity index (χ2v) is 6.35. The molecule has 4 nitrogen and oxygen atoms in total. The van der Waals surface area contributed by atoms with Crippen LogP contribution in [0.2, 0.25) is 0 Å². The van der Waals surface area contributed by atoms with Crippen LogP contribution in [0.25, 0.3) is 5.69 Å². The van der Waals surface area contributed by atoms with E-state index in [0.717, 1.165) is 36.9 Å². The average molecular weight is 285 g/mol. The van der Waals surface area contributed by atoms with Gasteiger partial charge < -0.3 is 0 Å². The first-order chi connectivity index (χ1) is 9.97. The van der Waals surface area contributed by atoms with E-state index in [4.69, 9.17) is 0 Å². The first-order valence-corrected chi connectivity index (χ1v) is 7.48. The molecule has 21 heavy (non-hydrogen) atoms. The summed E-state index contributed by atoms with van der Waals surface area (Å²) in [5, 5.41) is 8.12. The Labute approximate surface area is 126 Å². The number of hydrogen-bond acceptors (Lipinski definition) is 3. The quantitative estimate of drug-likeness (QED) is 0.787. The summed E-state index contributed by atoms with van der Waals surface area (Å²) in [4.78, 5) is 11.1. The Bertz CT molecular complexity index is 606. The lowest BCUT2D eigenvalue weighted by Gasteiger charge is -2.19. The molecule has 1 aromatic heterocycles. The fourth-order valence-electron chi connectivity index (χ4n) is 2.29. The second-order valence-electron chi connectivity index (χ2n) is 6.35. The Balaban J connectivity index is 2.37. The number of hydrogen-bond donors (Lipinski definition) is 0. The Kier molecular flexibility index (Phi) is 4.56. The molecule has 1 heterocycles. The van der Waals surface area contributed by atoms with Crippen LogP contribution in [0, 0.1) is 0 Å². The molecule has 0 amide bonds. The van der Waals surface area contributed by atoms with Crippen LogP contribution in [-0.4, -0.2) is 21.3 Å². The van der Waals surface area contributed by atoms with Crippen molar-refractivity contribution < 1.29 is 4.79 Å². The van der Waals surface area contributed by atoms with E-state index in [1.165, 1.54) is 5.56 Å². The topological polar surface area (TPSA) is 47.8 Å². The highest BCUT2D eigenvalue weighted by Gasteiger charge is 2.16. The number of aldehydes is 1. The van der Waals surface area contributed by atoms with Gasteiger partial charge in [-0.1, -0.05) is 51.5 Å². The zero-order chi connectivity index (χ0) is 15.5. The predicted molar refractivity (Wildman–Crippen MR) is 84.1 cm³/mol. The van der Waals surface area contributed by atoms with Gasteiger partial charge in [0.15, 0.2) is 6.29 Å². The minimum Gasteiger partial charge on any atom is -0.296 e. The van der Waals surface area contributed by atoms with Gasteiger partial charge in [-0.3, -0.25) is 4.79 Å². The Hall–Kier alpha value is -1.97. The third-order valence-corrected chi connectivity index (χ3v) is 3.65. The normalized spacial score (nSPS) is 11.6.